The fourth-order valence-electron chi connectivity index (χ4n) is 2.05. The molecule has 0 saturated heterocycles. The van der Waals surface area contributed by atoms with Gasteiger partial charge in [-0.15, -0.1) is 0 Å². The van der Waals surface area contributed by atoms with Gasteiger partial charge in [-0.05, 0) is 26.8 Å². The topological polar surface area (TPSA) is 92.7 Å². The van der Waals surface area contributed by atoms with E-state index in [0.29, 0.717) is 0 Å². The third-order valence-electron chi connectivity index (χ3n) is 3.08. The molecule has 1 heterocycles. The number of hydrogen-bond acceptors (Lipinski definition) is 5. The molecule has 0 saturated carbocycles. The summed E-state index contributed by atoms with van der Waals surface area (Å²) in [5, 5.41) is 7.46. The number of alkyl carbamates (subject to hydrolysis) is 1. The Morgan fingerprint density at radius 3 is 2.76 bits per heavy atom. The monoisotopic (exact) mass is 342 g/mol. The standard InChI is InChI=1S/C18H22N4O3/c1-18(2,3)25-17(24)20-11-9-15(23)22-21-12-14-7-4-6-13-8-5-10-19-16(13)14/h4-8,10,12H,9,11H2,1-3H3,(H,20,24)(H,22,23)/b21-12-. The second-order valence-electron chi connectivity index (χ2n) is 6.39. The highest BCUT2D eigenvalue weighted by Gasteiger charge is 2.15. The number of hydrogen-bond donors (Lipinski definition) is 2. The van der Waals surface area contributed by atoms with E-state index in [1.807, 2.05) is 30.3 Å². The number of amides is 2. The highest BCUT2D eigenvalue weighted by Crippen LogP contribution is 2.13. The van der Waals surface area contributed by atoms with Crippen molar-refractivity contribution in [1.82, 2.24) is 15.7 Å². The van der Waals surface area contributed by atoms with Gasteiger partial charge in [0.25, 0.3) is 0 Å². The molecule has 0 aliphatic rings. The Morgan fingerprint density at radius 2 is 2.00 bits per heavy atom. The smallest absolute Gasteiger partial charge is 0.407 e. The number of fused-ring (bicyclic) bond motifs is 1. The van der Waals surface area contributed by atoms with Crippen LogP contribution in [0.3, 0.4) is 0 Å². The average Bonchev–Trinajstić information content (AvgIpc) is 2.53. The average molecular weight is 342 g/mol. The molecule has 2 aromatic rings. The van der Waals surface area contributed by atoms with Crippen molar-refractivity contribution in [2.75, 3.05) is 6.54 Å². The van der Waals surface area contributed by atoms with Crippen LogP contribution in [0.15, 0.2) is 41.6 Å². The number of ether oxygens (including phenoxy) is 1. The number of carbonyl (C=O) groups excluding carboxylic acids is 2. The molecular weight excluding hydrogens is 320 g/mol. The lowest BCUT2D eigenvalue weighted by Gasteiger charge is -2.19. The van der Waals surface area contributed by atoms with E-state index in [4.69, 9.17) is 4.74 Å². The Labute approximate surface area is 146 Å². The van der Waals surface area contributed by atoms with Gasteiger partial charge in [0, 0.05) is 30.1 Å². The van der Waals surface area contributed by atoms with Crippen molar-refractivity contribution >= 4 is 29.1 Å². The molecule has 132 valence electrons. The van der Waals surface area contributed by atoms with Crippen LogP contribution in [0.2, 0.25) is 0 Å². The first-order chi connectivity index (χ1) is 11.8. The predicted molar refractivity (Wildman–Crippen MR) is 96.3 cm³/mol. The van der Waals surface area contributed by atoms with E-state index in [0.717, 1.165) is 16.5 Å². The zero-order valence-electron chi connectivity index (χ0n) is 14.6. The van der Waals surface area contributed by atoms with E-state index in [1.165, 1.54) is 0 Å². The molecule has 0 fully saturated rings. The number of carbonyl (C=O) groups is 2. The Balaban J connectivity index is 1.80. The van der Waals surface area contributed by atoms with Crippen molar-refractivity contribution < 1.29 is 14.3 Å². The summed E-state index contributed by atoms with van der Waals surface area (Å²) in [6.45, 7) is 5.49. The van der Waals surface area contributed by atoms with Crippen molar-refractivity contribution in [3.05, 3.63) is 42.1 Å². The van der Waals surface area contributed by atoms with Crippen molar-refractivity contribution in [3.63, 3.8) is 0 Å². The molecular formula is C18H22N4O3. The van der Waals surface area contributed by atoms with Gasteiger partial charge in [-0.2, -0.15) is 5.10 Å². The van der Waals surface area contributed by atoms with Gasteiger partial charge in [0.15, 0.2) is 0 Å². The van der Waals surface area contributed by atoms with Gasteiger partial charge in [-0.3, -0.25) is 9.78 Å². The Kier molecular flexibility index (Phi) is 6.05. The molecule has 0 aliphatic heterocycles. The van der Waals surface area contributed by atoms with E-state index < -0.39 is 11.7 Å². The third kappa shape index (κ3) is 6.21. The first-order valence-electron chi connectivity index (χ1n) is 7.98. The lowest BCUT2D eigenvalue weighted by Crippen LogP contribution is -2.34. The minimum absolute atomic E-state index is 0.102. The van der Waals surface area contributed by atoms with Crippen molar-refractivity contribution in [2.24, 2.45) is 5.10 Å². The highest BCUT2D eigenvalue weighted by atomic mass is 16.6. The second kappa shape index (κ2) is 8.23. The minimum Gasteiger partial charge on any atom is -0.444 e. The van der Waals surface area contributed by atoms with Gasteiger partial charge >= 0.3 is 6.09 Å². The molecule has 0 bridgehead atoms. The van der Waals surface area contributed by atoms with E-state index >= 15 is 0 Å². The summed E-state index contributed by atoms with van der Waals surface area (Å²) < 4.78 is 5.08. The van der Waals surface area contributed by atoms with Crippen LogP contribution in [0, 0.1) is 0 Å². The van der Waals surface area contributed by atoms with Gasteiger partial charge in [0.2, 0.25) is 5.91 Å². The maximum absolute atomic E-state index is 11.7. The number of hydrazone groups is 1. The van der Waals surface area contributed by atoms with Crippen LogP contribution in [0.25, 0.3) is 10.9 Å². The largest absolute Gasteiger partial charge is 0.444 e. The van der Waals surface area contributed by atoms with Gasteiger partial charge < -0.3 is 10.1 Å². The summed E-state index contributed by atoms with van der Waals surface area (Å²) in [7, 11) is 0. The first kappa shape index (κ1) is 18.4. The van der Waals surface area contributed by atoms with Gasteiger partial charge in [-0.25, -0.2) is 10.2 Å². The number of nitrogens with one attached hydrogen (secondary N) is 2. The lowest BCUT2D eigenvalue weighted by atomic mass is 10.1. The fraction of sp³-hybridized carbons (Fsp3) is 0.333. The number of aromatic nitrogens is 1. The number of para-hydroxylation sites is 1. The van der Waals surface area contributed by atoms with Gasteiger partial charge in [-0.1, -0.05) is 24.3 Å². The summed E-state index contributed by atoms with van der Waals surface area (Å²) in [6, 6.07) is 9.55. The number of benzene rings is 1. The van der Waals surface area contributed by atoms with Crippen LogP contribution < -0.4 is 10.7 Å². The highest BCUT2D eigenvalue weighted by molar-refractivity contribution is 5.97. The minimum atomic E-state index is -0.566. The molecule has 2 amide bonds. The second-order valence-corrected chi connectivity index (χ2v) is 6.39. The molecule has 2 rings (SSSR count). The third-order valence-corrected chi connectivity index (χ3v) is 3.08. The molecule has 1 aromatic carbocycles. The fourth-order valence-corrected chi connectivity index (χ4v) is 2.05. The summed E-state index contributed by atoms with van der Waals surface area (Å²) in [5.74, 6) is -0.305. The van der Waals surface area contributed by atoms with E-state index in [1.54, 1.807) is 33.2 Å². The maximum atomic E-state index is 11.7. The van der Waals surface area contributed by atoms with E-state index in [2.05, 4.69) is 20.8 Å². The zero-order valence-corrected chi connectivity index (χ0v) is 14.6. The van der Waals surface area contributed by atoms with E-state index in [-0.39, 0.29) is 18.9 Å². The predicted octanol–water partition coefficient (Wildman–Crippen LogP) is 2.60. The molecule has 0 atom stereocenters. The lowest BCUT2D eigenvalue weighted by molar-refractivity contribution is -0.120. The molecule has 0 aliphatic carbocycles. The number of pyridine rings is 1. The molecule has 7 heteroatoms. The SMILES string of the molecule is CC(C)(C)OC(=O)NCCC(=O)N/N=C\c1cccc2cccnc12. The van der Waals surface area contributed by atoms with Crippen molar-refractivity contribution in [3.8, 4) is 0 Å². The normalized spacial score (nSPS) is 11.5. The van der Waals surface area contributed by atoms with Crippen LogP contribution in [0.5, 0.6) is 0 Å². The molecule has 0 radical (unpaired) electrons. The van der Waals surface area contributed by atoms with Gasteiger partial charge in [0.1, 0.15) is 5.60 Å². The molecule has 0 spiro atoms. The van der Waals surface area contributed by atoms with Crippen molar-refractivity contribution in [2.45, 2.75) is 32.8 Å². The summed E-state index contributed by atoms with van der Waals surface area (Å²) in [5.41, 5.74) is 3.49. The molecule has 2 N–H and O–H groups in total. The number of nitrogens with zero attached hydrogens (tertiary/aromatic N) is 2. The molecule has 25 heavy (non-hydrogen) atoms. The first-order valence-corrected chi connectivity index (χ1v) is 7.98. The molecule has 7 nitrogen and oxygen atoms in total. The van der Waals surface area contributed by atoms with Gasteiger partial charge in [0.05, 0.1) is 11.7 Å². The van der Waals surface area contributed by atoms with Crippen LogP contribution in [-0.2, 0) is 9.53 Å². The van der Waals surface area contributed by atoms with E-state index in [9.17, 15) is 9.59 Å². The summed E-state index contributed by atoms with van der Waals surface area (Å²) >= 11 is 0. The summed E-state index contributed by atoms with van der Waals surface area (Å²) in [4.78, 5) is 27.5. The molecule has 1 aromatic heterocycles. The Hall–Kier alpha value is -2.96. The number of rotatable bonds is 5. The van der Waals surface area contributed by atoms with Crippen LogP contribution in [0.4, 0.5) is 4.79 Å². The Bertz CT molecular complexity index is 776. The van der Waals surface area contributed by atoms with Crippen molar-refractivity contribution in [1.29, 1.82) is 0 Å². The quantitative estimate of drug-likeness (QED) is 0.645. The van der Waals surface area contributed by atoms with Crippen LogP contribution in [0.1, 0.15) is 32.8 Å². The maximum Gasteiger partial charge on any atom is 0.407 e. The zero-order chi connectivity index (χ0) is 18.3. The summed E-state index contributed by atoms with van der Waals surface area (Å²) in [6.07, 6.45) is 2.81. The Morgan fingerprint density at radius 1 is 1.24 bits per heavy atom. The van der Waals surface area contributed by atoms with Crippen LogP contribution >= 0.6 is 0 Å². The molecule has 0 unspecified atom stereocenters. The van der Waals surface area contributed by atoms with Crippen LogP contribution in [-0.4, -0.2) is 35.3 Å².